The molecule has 0 spiro atoms. The van der Waals surface area contributed by atoms with E-state index in [0.29, 0.717) is 16.3 Å². The van der Waals surface area contributed by atoms with E-state index in [9.17, 15) is 8.42 Å². The van der Waals surface area contributed by atoms with Crippen LogP contribution in [0.3, 0.4) is 0 Å². The largest absolute Gasteiger partial charge is 0.268 e. The smallest absolute Gasteiger partial charge is 0.234 e. The second kappa shape index (κ2) is 6.73. The first-order valence-corrected chi connectivity index (χ1v) is 9.58. The van der Waals surface area contributed by atoms with Gasteiger partial charge in [0.2, 0.25) is 0 Å². The van der Waals surface area contributed by atoms with Crippen LogP contribution in [0.5, 0.6) is 0 Å². The van der Waals surface area contributed by atoms with Gasteiger partial charge in [0.25, 0.3) is 10.0 Å². The summed E-state index contributed by atoms with van der Waals surface area (Å²) >= 11 is 0. The van der Waals surface area contributed by atoms with Crippen molar-refractivity contribution in [2.75, 3.05) is 4.31 Å². The topological polar surface area (TPSA) is 37.4 Å². The fourth-order valence-corrected chi connectivity index (χ4v) is 4.58. The van der Waals surface area contributed by atoms with Gasteiger partial charge in [-0.15, -0.1) is 0 Å². The molecule has 3 aromatic carbocycles. The molecule has 0 atom stereocenters. The molecule has 0 fully saturated rings. The Hall–Kier alpha value is -2.59. The van der Waals surface area contributed by atoms with Gasteiger partial charge in [0.1, 0.15) is 0 Å². The Morgan fingerprint density at radius 3 is 1.68 bits per heavy atom. The molecule has 128 valence electrons. The predicted molar refractivity (Wildman–Crippen MR) is 103 cm³/mol. The maximum Gasteiger partial charge on any atom is 0.268 e. The van der Waals surface area contributed by atoms with Crippen molar-refractivity contribution in [3.8, 4) is 0 Å². The van der Waals surface area contributed by atoms with Crippen molar-refractivity contribution in [3.63, 3.8) is 0 Å². The zero-order chi connectivity index (χ0) is 18.0. The highest BCUT2D eigenvalue weighted by molar-refractivity contribution is 7.93. The van der Waals surface area contributed by atoms with E-state index in [4.69, 9.17) is 0 Å². The SMILES string of the molecule is Cc1cccc(N(c2cccc(C)c2)S(=O)(=O)c2ccccc2C)c1. The third-order valence-electron chi connectivity index (χ3n) is 4.08. The van der Waals surface area contributed by atoms with E-state index in [0.717, 1.165) is 16.7 Å². The maximum absolute atomic E-state index is 13.5. The maximum atomic E-state index is 13.5. The second-order valence-corrected chi connectivity index (χ2v) is 7.97. The van der Waals surface area contributed by atoms with E-state index in [2.05, 4.69) is 0 Å². The molecular weight excluding hydrogens is 330 g/mol. The van der Waals surface area contributed by atoms with Crippen LogP contribution in [0.1, 0.15) is 16.7 Å². The molecule has 3 aromatic rings. The third kappa shape index (κ3) is 3.44. The lowest BCUT2D eigenvalue weighted by atomic mass is 10.2. The first kappa shape index (κ1) is 17.2. The normalized spacial score (nSPS) is 11.3. The Morgan fingerprint density at radius 2 is 1.20 bits per heavy atom. The molecule has 3 nitrogen and oxygen atoms in total. The molecule has 0 saturated heterocycles. The van der Waals surface area contributed by atoms with Crippen LogP contribution in [0, 0.1) is 20.8 Å². The lowest BCUT2D eigenvalue weighted by Crippen LogP contribution is -2.27. The molecule has 0 amide bonds. The summed E-state index contributed by atoms with van der Waals surface area (Å²) < 4.78 is 28.4. The highest BCUT2D eigenvalue weighted by atomic mass is 32.2. The molecule has 4 heteroatoms. The molecule has 0 aliphatic rings. The van der Waals surface area contributed by atoms with Crippen LogP contribution in [0.4, 0.5) is 11.4 Å². The first-order chi connectivity index (χ1) is 11.9. The summed E-state index contributed by atoms with van der Waals surface area (Å²) in [6.07, 6.45) is 0. The molecule has 0 N–H and O–H groups in total. The van der Waals surface area contributed by atoms with E-state index in [-0.39, 0.29) is 0 Å². The van der Waals surface area contributed by atoms with Crippen molar-refractivity contribution < 1.29 is 8.42 Å². The molecule has 25 heavy (non-hydrogen) atoms. The second-order valence-electron chi connectivity index (χ2n) is 6.21. The van der Waals surface area contributed by atoms with Crippen molar-refractivity contribution in [1.29, 1.82) is 0 Å². The Balaban J connectivity index is 2.26. The quantitative estimate of drug-likeness (QED) is 0.653. The van der Waals surface area contributed by atoms with E-state index >= 15 is 0 Å². The van der Waals surface area contributed by atoms with Crippen LogP contribution >= 0.6 is 0 Å². The van der Waals surface area contributed by atoms with Crippen molar-refractivity contribution >= 4 is 21.4 Å². The highest BCUT2D eigenvalue weighted by Crippen LogP contribution is 2.34. The van der Waals surface area contributed by atoms with Gasteiger partial charge in [-0.3, -0.25) is 0 Å². The van der Waals surface area contributed by atoms with Crippen LogP contribution in [-0.2, 0) is 10.0 Å². The molecule has 0 aliphatic carbocycles. The van der Waals surface area contributed by atoms with Gasteiger partial charge in [-0.05, 0) is 67.8 Å². The molecule has 0 heterocycles. The van der Waals surface area contributed by atoms with Crippen molar-refractivity contribution in [2.45, 2.75) is 25.7 Å². The van der Waals surface area contributed by atoms with E-state index < -0.39 is 10.0 Å². The van der Waals surface area contributed by atoms with Gasteiger partial charge in [0.15, 0.2) is 0 Å². The Labute approximate surface area is 149 Å². The summed E-state index contributed by atoms with van der Waals surface area (Å²) in [5.41, 5.74) is 4.01. The predicted octanol–water partition coefficient (Wildman–Crippen LogP) is 5.14. The summed E-state index contributed by atoms with van der Waals surface area (Å²) in [4.78, 5) is 0.318. The zero-order valence-electron chi connectivity index (χ0n) is 14.6. The summed E-state index contributed by atoms with van der Waals surface area (Å²) in [5.74, 6) is 0. The number of benzene rings is 3. The fourth-order valence-electron chi connectivity index (χ4n) is 2.88. The fraction of sp³-hybridized carbons (Fsp3) is 0.143. The Morgan fingerprint density at radius 1 is 0.680 bits per heavy atom. The Kier molecular flexibility index (Phi) is 4.64. The summed E-state index contributed by atoms with van der Waals surface area (Å²) in [7, 11) is -3.74. The molecular formula is C21H21NO2S. The minimum Gasteiger partial charge on any atom is -0.234 e. The monoisotopic (exact) mass is 351 g/mol. The number of sulfonamides is 1. The van der Waals surface area contributed by atoms with E-state index in [1.54, 1.807) is 12.1 Å². The van der Waals surface area contributed by atoms with Crippen molar-refractivity contribution in [2.24, 2.45) is 0 Å². The minimum atomic E-state index is -3.74. The number of nitrogens with zero attached hydrogens (tertiary/aromatic N) is 1. The zero-order valence-corrected chi connectivity index (χ0v) is 15.4. The number of hydrogen-bond acceptors (Lipinski definition) is 2. The lowest BCUT2D eigenvalue weighted by molar-refractivity contribution is 0.595. The highest BCUT2D eigenvalue weighted by Gasteiger charge is 2.28. The standard InChI is InChI=1S/C21H21NO2S/c1-16-8-6-11-19(14-16)22(20-12-7-9-17(2)15-20)25(23,24)21-13-5-4-10-18(21)3/h4-15H,1-3H3. The van der Waals surface area contributed by atoms with Crippen LogP contribution in [0.2, 0.25) is 0 Å². The molecule has 0 radical (unpaired) electrons. The molecule has 0 aliphatic heterocycles. The summed E-state index contributed by atoms with van der Waals surface area (Å²) in [6.45, 7) is 5.73. The van der Waals surface area contributed by atoms with E-state index in [1.807, 2.05) is 81.4 Å². The van der Waals surface area contributed by atoms with E-state index in [1.165, 1.54) is 4.31 Å². The van der Waals surface area contributed by atoms with Gasteiger partial charge in [-0.25, -0.2) is 12.7 Å². The van der Waals surface area contributed by atoms with Crippen molar-refractivity contribution in [1.82, 2.24) is 0 Å². The van der Waals surface area contributed by atoms with Gasteiger partial charge in [0, 0.05) is 0 Å². The third-order valence-corrected chi connectivity index (χ3v) is 6.00. The van der Waals surface area contributed by atoms with Gasteiger partial charge in [-0.2, -0.15) is 0 Å². The molecule has 0 aromatic heterocycles. The van der Waals surface area contributed by atoms with Gasteiger partial charge < -0.3 is 0 Å². The minimum absolute atomic E-state index is 0.318. The molecule has 0 bridgehead atoms. The molecule has 0 unspecified atom stereocenters. The summed E-state index contributed by atoms with van der Waals surface area (Å²) in [6, 6.07) is 22.2. The average molecular weight is 351 g/mol. The van der Waals surface area contributed by atoms with Gasteiger partial charge >= 0.3 is 0 Å². The van der Waals surface area contributed by atoms with Gasteiger partial charge in [-0.1, -0.05) is 42.5 Å². The van der Waals surface area contributed by atoms with Crippen molar-refractivity contribution in [3.05, 3.63) is 89.5 Å². The molecule has 3 rings (SSSR count). The van der Waals surface area contributed by atoms with Crippen LogP contribution < -0.4 is 4.31 Å². The lowest BCUT2D eigenvalue weighted by Gasteiger charge is -2.26. The summed E-state index contributed by atoms with van der Waals surface area (Å²) in [5, 5.41) is 0. The molecule has 0 saturated carbocycles. The Bertz CT molecular complexity index is 964. The van der Waals surface area contributed by atoms with Crippen LogP contribution in [0.25, 0.3) is 0 Å². The number of rotatable bonds is 4. The van der Waals surface area contributed by atoms with Crippen LogP contribution in [-0.4, -0.2) is 8.42 Å². The average Bonchev–Trinajstić information content (AvgIpc) is 2.55. The number of anilines is 2. The van der Waals surface area contributed by atoms with Gasteiger partial charge in [0.05, 0.1) is 16.3 Å². The first-order valence-electron chi connectivity index (χ1n) is 8.14. The van der Waals surface area contributed by atoms with Crippen LogP contribution in [0.15, 0.2) is 77.7 Å². The number of hydrogen-bond donors (Lipinski definition) is 0. The number of aryl methyl sites for hydroxylation is 3.